The van der Waals surface area contributed by atoms with Crippen LogP contribution in [0.25, 0.3) is 10.8 Å². The smallest absolute Gasteiger partial charge is 0.116 e. The first-order valence-corrected chi connectivity index (χ1v) is 7.27. The molecule has 1 atom stereocenters. The van der Waals surface area contributed by atoms with Crippen LogP contribution in [-0.4, -0.2) is 35.7 Å². The summed E-state index contributed by atoms with van der Waals surface area (Å²) in [6.45, 7) is 7.46. The number of rotatable bonds is 2. The molecule has 1 unspecified atom stereocenters. The zero-order chi connectivity index (χ0) is 14.1. The number of hydrogen-bond acceptors (Lipinski definition) is 2. The summed E-state index contributed by atoms with van der Waals surface area (Å²) in [6, 6.07) is 12.8. The lowest BCUT2D eigenvalue weighted by Crippen LogP contribution is -2.45. The van der Waals surface area contributed by atoms with Gasteiger partial charge in [-0.25, -0.2) is 5.32 Å². The lowest BCUT2D eigenvalue weighted by molar-refractivity contribution is 0.160. The second-order valence-electron chi connectivity index (χ2n) is 5.80. The van der Waals surface area contributed by atoms with E-state index in [1.54, 1.807) is 12.1 Å². The summed E-state index contributed by atoms with van der Waals surface area (Å²) in [5.41, 5.74) is 1.27. The van der Waals surface area contributed by atoms with Crippen LogP contribution in [0.15, 0.2) is 36.4 Å². The number of phenols is 1. The van der Waals surface area contributed by atoms with Crippen molar-refractivity contribution in [2.45, 2.75) is 25.9 Å². The van der Waals surface area contributed by atoms with Crippen LogP contribution in [0.5, 0.6) is 5.75 Å². The fourth-order valence-electron chi connectivity index (χ4n) is 2.85. The van der Waals surface area contributed by atoms with Gasteiger partial charge >= 0.3 is 0 Å². The molecule has 0 bridgehead atoms. The summed E-state index contributed by atoms with van der Waals surface area (Å²) in [7, 11) is 0. The van der Waals surface area contributed by atoms with Crippen molar-refractivity contribution < 1.29 is 5.11 Å². The molecule has 1 heterocycles. The summed E-state index contributed by atoms with van der Waals surface area (Å²) < 4.78 is 0. The van der Waals surface area contributed by atoms with Gasteiger partial charge in [-0.2, -0.15) is 0 Å². The molecule has 2 aromatic rings. The van der Waals surface area contributed by atoms with E-state index in [1.807, 2.05) is 6.07 Å². The van der Waals surface area contributed by atoms with Crippen molar-refractivity contribution in [2.75, 3.05) is 19.6 Å². The molecule has 105 valence electrons. The van der Waals surface area contributed by atoms with Gasteiger partial charge in [-0.1, -0.05) is 18.2 Å². The summed E-state index contributed by atoms with van der Waals surface area (Å²) >= 11 is 0. The summed E-state index contributed by atoms with van der Waals surface area (Å²) in [5.74, 6) is 0.318. The largest absolute Gasteiger partial charge is 0.508 e. The van der Waals surface area contributed by atoms with Gasteiger partial charge < -0.3 is 5.11 Å². The van der Waals surface area contributed by atoms with Crippen LogP contribution in [-0.2, 0) is 0 Å². The lowest BCUT2D eigenvalue weighted by Gasteiger charge is -2.35. The van der Waals surface area contributed by atoms with E-state index in [0.29, 0.717) is 11.8 Å². The number of phenolic OH excluding ortho intramolecular Hbond substituents is 1. The molecule has 0 saturated carbocycles. The first-order valence-electron chi connectivity index (χ1n) is 7.27. The third kappa shape index (κ3) is 2.65. The second-order valence-corrected chi connectivity index (χ2v) is 5.80. The number of aromatic hydroxyl groups is 1. The van der Waals surface area contributed by atoms with E-state index in [2.05, 4.69) is 36.9 Å². The standard InChI is InChI=1S/C17H21N2O/c1-12(2)19-8-7-18-17(11-19)15-4-3-14-10-16(20)6-5-13(14)9-15/h3-6,9-10,12,17,20H,7-8,11H2,1-2H3. The normalized spacial score (nSPS) is 20.6. The molecular weight excluding hydrogens is 248 g/mol. The third-order valence-electron chi connectivity index (χ3n) is 4.11. The molecule has 0 spiro atoms. The highest BCUT2D eigenvalue weighted by Crippen LogP contribution is 2.26. The van der Waals surface area contributed by atoms with Crippen LogP contribution in [0.3, 0.4) is 0 Å². The Morgan fingerprint density at radius 2 is 1.90 bits per heavy atom. The molecule has 0 aliphatic carbocycles. The van der Waals surface area contributed by atoms with Gasteiger partial charge in [0.25, 0.3) is 0 Å². The molecule has 3 nitrogen and oxygen atoms in total. The van der Waals surface area contributed by atoms with E-state index >= 15 is 0 Å². The summed E-state index contributed by atoms with van der Waals surface area (Å²) in [5, 5.41) is 16.5. The molecule has 3 heteroatoms. The van der Waals surface area contributed by atoms with Gasteiger partial charge in [0.15, 0.2) is 0 Å². The van der Waals surface area contributed by atoms with Crippen LogP contribution >= 0.6 is 0 Å². The zero-order valence-corrected chi connectivity index (χ0v) is 12.1. The summed E-state index contributed by atoms with van der Waals surface area (Å²) in [4.78, 5) is 2.48. The number of piperazine rings is 1. The Labute approximate surface area is 120 Å². The SMILES string of the molecule is CC(C)N1CC[N]C(c2ccc3cc(O)ccc3c2)C1. The molecule has 20 heavy (non-hydrogen) atoms. The molecule has 1 radical (unpaired) electrons. The van der Waals surface area contributed by atoms with Crippen molar-refractivity contribution in [1.82, 2.24) is 10.2 Å². The fourth-order valence-corrected chi connectivity index (χ4v) is 2.85. The maximum absolute atomic E-state index is 9.52. The molecule has 1 saturated heterocycles. The molecule has 0 amide bonds. The lowest BCUT2D eigenvalue weighted by atomic mass is 9.99. The van der Waals surface area contributed by atoms with Crippen molar-refractivity contribution in [3.63, 3.8) is 0 Å². The van der Waals surface area contributed by atoms with Crippen molar-refractivity contribution in [1.29, 1.82) is 0 Å². The molecular formula is C17H21N2O. The first kappa shape index (κ1) is 13.4. The van der Waals surface area contributed by atoms with Gasteiger partial charge in [0.05, 0.1) is 6.04 Å². The number of nitrogens with zero attached hydrogens (tertiary/aromatic N) is 2. The van der Waals surface area contributed by atoms with E-state index in [9.17, 15) is 5.11 Å². The van der Waals surface area contributed by atoms with E-state index in [4.69, 9.17) is 5.32 Å². The summed E-state index contributed by atoms with van der Waals surface area (Å²) in [6.07, 6.45) is 0. The van der Waals surface area contributed by atoms with Gasteiger partial charge in [-0.15, -0.1) is 0 Å². The van der Waals surface area contributed by atoms with Gasteiger partial charge in [-0.3, -0.25) is 4.90 Å². The minimum atomic E-state index is 0.268. The Hall–Kier alpha value is -1.58. The Morgan fingerprint density at radius 1 is 1.15 bits per heavy atom. The first-order chi connectivity index (χ1) is 9.63. The molecule has 1 N–H and O–H groups in total. The highest BCUT2D eigenvalue weighted by atomic mass is 16.3. The van der Waals surface area contributed by atoms with Gasteiger partial charge in [-0.05, 0) is 48.4 Å². The topological polar surface area (TPSA) is 37.6 Å². The van der Waals surface area contributed by atoms with Gasteiger partial charge in [0.2, 0.25) is 0 Å². The second kappa shape index (κ2) is 5.43. The van der Waals surface area contributed by atoms with Crippen molar-refractivity contribution >= 4 is 10.8 Å². The Balaban J connectivity index is 1.88. The number of fused-ring (bicyclic) bond motifs is 1. The number of hydrogen-bond donors (Lipinski definition) is 1. The van der Waals surface area contributed by atoms with Crippen LogP contribution in [0, 0.1) is 0 Å². The predicted molar refractivity (Wildman–Crippen MR) is 82.1 cm³/mol. The van der Waals surface area contributed by atoms with E-state index < -0.39 is 0 Å². The molecule has 1 aliphatic heterocycles. The minimum Gasteiger partial charge on any atom is -0.508 e. The third-order valence-corrected chi connectivity index (χ3v) is 4.11. The van der Waals surface area contributed by atoms with Crippen LogP contribution in [0.4, 0.5) is 0 Å². The number of benzene rings is 2. The highest BCUT2D eigenvalue weighted by Gasteiger charge is 2.23. The quantitative estimate of drug-likeness (QED) is 0.910. The van der Waals surface area contributed by atoms with Crippen LogP contribution in [0.2, 0.25) is 0 Å². The van der Waals surface area contributed by atoms with Crippen molar-refractivity contribution in [3.05, 3.63) is 42.0 Å². The Kier molecular flexibility index (Phi) is 3.64. The van der Waals surface area contributed by atoms with E-state index in [1.165, 1.54) is 5.56 Å². The maximum Gasteiger partial charge on any atom is 0.116 e. The van der Waals surface area contributed by atoms with Gasteiger partial charge in [0, 0.05) is 25.7 Å². The average molecular weight is 269 g/mol. The molecule has 1 fully saturated rings. The zero-order valence-electron chi connectivity index (χ0n) is 12.1. The Bertz CT molecular complexity index is 609. The fraction of sp³-hybridized carbons (Fsp3) is 0.412. The molecule has 1 aliphatic rings. The van der Waals surface area contributed by atoms with Crippen LogP contribution < -0.4 is 5.32 Å². The molecule has 2 aromatic carbocycles. The monoisotopic (exact) mass is 269 g/mol. The van der Waals surface area contributed by atoms with Crippen molar-refractivity contribution in [3.8, 4) is 5.75 Å². The van der Waals surface area contributed by atoms with Crippen LogP contribution in [0.1, 0.15) is 25.5 Å². The predicted octanol–water partition coefficient (Wildman–Crippen LogP) is 2.91. The molecule has 3 rings (SSSR count). The highest BCUT2D eigenvalue weighted by molar-refractivity contribution is 5.84. The minimum absolute atomic E-state index is 0.268. The molecule has 0 aromatic heterocycles. The van der Waals surface area contributed by atoms with E-state index in [0.717, 1.165) is 30.4 Å². The maximum atomic E-state index is 9.52. The van der Waals surface area contributed by atoms with E-state index in [-0.39, 0.29) is 6.04 Å². The van der Waals surface area contributed by atoms with Crippen molar-refractivity contribution in [2.24, 2.45) is 0 Å². The Morgan fingerprint density at radius 3 is 2.70 bits per heavy atom. The average Bonchev–Trinajstić information content (AvgIpc) is 2.47. The van der Waals surface area contributed by atoms with Gasteiger partial charge in [0.1, 0.15) is 5.75 Å².